The van der Waals surface area contributed by atoms with Crippen molar-refractivity contribution in [1.82, 2.24) is 9.97 Å². The van der Waals surface area contributed by atoms with Crippen LogP contribution in [0.5, 0.6) is 0 Å². The molecule has 0 amide bonds. The molecule has 0 saturated carbocycles. The summed E-state index contributed by atoms with van der Waals surface area (Å²) in [5.41, 5.74) is 7.83. The summed E-state index contributed by atoms with van der Waals surface area (Å²) in [6.45, 7) is 3.86. The Hall–Kier alpha value is -1.16. The number of nitrogens with two attached hydrogens (primary N) is 1. The zero-order valence-corrected chi connectivity index (χ0v) is 9.59. The van der Waals surface area contributed by atoms with Gasteiger partial charge in [0.15, 0.2) is 0 Å². The zero-order chi connectivity index (χ0) is 10.3. The standard InChI is InChI=1S/C10H10BrN3/c1-5-8(11)4-3-7-9(5)13-6(2)14-10(7)12/h3-4H,1-2H3,(H2,12,13,14). The highest BCUT2D eigenvalue weighted by Crippen LogP contribution is 2.26. The monoisotopic (exact) mass is 251 g/mol. The molecule has 0 unspecified atom stereocenters. The molecule has 0 saturated heterocycles. The van der Waals surface area contributed by atoms with Gasteiger partial charge < -0.3 is 5.73 Å². The van der Waals surface area contributed by atoms with Gasteiger partial charge in [0.05, 0.1) is 5.52 Å². The van der Waals surface area contributed by atoms with Crippen molar-refractivity contribution in [3.05, 3.63) is 28.0 Å². The number of hydrogen-bond acceptors (Lipinski definition) is 3. The topological polar surface area (TPSA) is 51.8 Å². The Labute approximate surface area is 90.5 Å². The summed E-state index contributed by atoms with van der Waals surface area (Å²) in [5, 5.41) is 0.913. The van der Waals surface area contributed by atoms with Crippen molar-refractivity contribution < 1.29 is 0 Å². The van der Waals surface area contributed by atoms with E-state index in [9.17, 15) is 0 Å². The zero-order valence-electron chi connectivity index (χ0n) is 8.00. The summed E-state index contributed by atoms with van der Waals surface area (Å²) in [4.78, 5) is 8.50. The predicted octanol–water partition coefficient (Wildman–Crippen LogP) is 2.59. The number of fused-ring (bicyclic) bond motifs is 1. The van der Waals surface area contributed by atoms with Crippen LogP contribution in [0.2, 0.25) is 0 Å². The summed E-state index contributed by atoms with van der Waals surface area (Å²) in [6.07, 6.45) is 0. The van der Waals surface area contributed by atoms with Crippen LogP contribution in [0.3, 0.4) is 0 Å². The highest BCUT2D eigenvalue weighted by molar-refractivity contribution is 9.10. The smallest absolute Gasteiger partial charge is 0.135 e. The van der Waals surface area contributed by atoms with Crippen LogP contribution in [0.1, 0.15) is 11.4 Å². The summed E-state index contributed by atoms with van der Waals surface area (Å²) < 4.78 is 1.04. The molecule has 2 N–H and O–H groups in total. The molecule has 0 spiro atoms. The number of rotatable bonds is 0. The largest absolute Gasteiger partial charge is 0.383 e. The molecule has 0 bridgehead atoms. The van der Waals surface area contributed by atoms with E-state index in [4.69, 9.17) is 5.73 Å². The lowest BCUT2D eigenvalue weighted by molar-refractivity contribution is 1.09. The van der Waals surface area contributed by atoms with Crippen LogP contribution in [-0.2, 0) is 0 Å². The van der Waals surface area contributed by atoms with E-state index in [1.807, 2.05) is 26.0 Å². The number of halogens is 1. The average molecular weight is 252 g/mol. The molecule has 2 rings (SSSR count). The molecule has 0 fully saturated rings. The van der Waals surface area contributed by atoms with Gasteiger partial charge in [-0.25, -0.2) is 9.97 Å². The number of hydrogen-bond donors (Lipinski definition) is 1. The fourth-order valence-corrected chi connectivity index (χ4v) is 1.77. The highest BCUT2D eigenvalue weighted by atomic mass is 79.9. The second-order valence-electron chi connectivity index (χ2n) is 3.22. The number of aromatic nitrogens is 2. The van der Waals surface area contributed by atoms with E-state index in [-0.39, 0.29) is 0 Å². The molecule has 3 nitrogen and oxygen atoms in total. The second-order valence-corrected chi connectivity index (χ2v) is 4.08. The number of nitrogen functional groups attached to an aromatic ring is 1. The molecule has 0 aliphatic rings. The van der Waals surface area contributed by atoms with Gasteiger partial charge in [-0.05, 0) is 31.5 Å². The van der Waals surface area contributed by atoms with Crippen molar-refractivity contribution in [2.24, 2.45) is 0 Å². The normalized spacial score (nSPS) is 10.8. The number of benzene rings is 1. The maximum absolute atomic E-state index is 5.81. The van der Waals surface area contributed by atoms with Crippen molar-refractivity contribution in [3.63, 3.8) is 0 Å². The van der Waals surface area contributed by atoms with Crippen LogP contribution >= 0.6 is 15.9 Å². The predicted molar refractivity (Wildman–Crippen MR) is 61.1 cm³/mol. The van der Waals surface area contributed by atoms with Crippen molar-refractivity contribution in [1.29, 1.82) is 0 Å². The molecule has 1 aromatic heterocycles. The Kier molecular flexibility index (Phi) is 2.15. The lowest BCUT2D eigenvalue weighted by atomic mass is 10.1. The molecule has 2 aromatic rings. The molecule has 1 heterocycles. The van der Waals surface area contributed by atoms with Crippen LogP contribution in [-0.4, -0.2) is 9.97 Å². The Bertz CT molecular complexity index is 508. The minimum Gasteiger partial charge on any atom is -0.383 e. The van der Waals surface area contributed by atoms with Crippen LogP contribution in [0.4, 0.5) is 5.82 Å². The molecule has 0 aliphatic heterocycles. The molecule has 0 radical (unpaired) electrons. The highest BCUT2D eigenvalue weighted by Gasteiger charge is 2.06. The van der Waals surface area contributed by atoms with E-state index in [0.717, 1.165) is 20.9 Å². The van der Waals surface area contributed by atoms with E-state index in [0.29, 0.717) is 11.6 Å². The first-order chi connectivity index (χ1) is 6.59. The first kappa shape index (κ1) is 9.40. The lowest BCUT2D eigenvalue weighted by Crippen LogP contribution is -1.98. The first-order valence-electron chi connectivity index (χ1n) is 4.28. The minimum absolute atomic E-state index is 0.545. The Morgan fingerprint density at radius 2 is 1.93 bits per heavy atom. The van der Waals surface area contributed by atoms with Crippen molar-refractivity contribution in [2.75, 3.05) is 5.73 Å². The number of anilines is 1. The van der Waals surface area contributed by atoms with Crippen molar-refractivity contribution in [3.8, 4) is 0 Å². The minimum atomic E-state index is 0.545. The first-order valence-corrected chi connectivity index (χ1v) is 5.08. The molecule has 4 heteroatoms. The molecular formula is C10H10BrN3. The Morgan fingerprint density at radius 3 is 2.64 bits per heavy atom. The summed E-state index contributed by atoms with van der Waals surface area (Å²) in [6, 6.07) is 3.90. The van der Waals surface area contributed by atoms with Gasteiger partial charge in [0.2, 0.25) is 0 Å². The molecule has 72 valence electrons. The van der Waals surface area contributed by atoms with Crippen LogP contribution in [0.25, 0.3) is 10.9 Å². The van der Waals surface area contributed by atoms with Crippen molar-refractivity contribution >= 4 is 32.7 Å². The maximum atomic E-state index is 5.81. The van der Waals surface area contributed by atoms with E-state index in [1.54, 1.807) is 0 Å². The van der Waals surface area contributed by atoms with Gasteiger partial charge >= 0.3 is 0 Å². The van der Waals surface area contributed by atoms with E-state index >= 15 is 0 Å². The van der Waals surface area contributed by atoms with Gasteiger partial charge in [-0.3, -0.25) is 0 Å². The fourth-order valence-electron chi connectivity index (χ4n) is 1.45. The van der Waals surface area contributed by atoms with Gasteiger partial charge in [0.25, 0.3) is 0 Å². The van der Waals surface area contributed by atoms with Gasteiger partial charge in [0, 0.05) is 9.86 Å². The van der Waals surface area contributed by atoms with Gasteiger partial charge in [-0.15, -0.1) is 0 Å². The van der Waals surface area contributed by atoms with Gasteiger partial charge in [0.1, 0.15) is 11.6 Å². The summed E-state index contributed by atoms with van der Waals surface area (Å²) in [5.74, 6) is 1.25. The second kappa shape index (κ2) is 3.20. The van der Waals surface area contributed by atoms with Crippen molar-refractivity contribution in [2.45, 2.75) is 13.8 Å². The maximum Gasteiger partial charge on any atom is 0.135 e. The summed E-state index contributed by atoms with van der Waals surface area (Å²) >= 11 is 3.46. The van der Waals surface area contributed by atoms with Gasteiger partial charge in [-0.1, -0.05) is 15.9 Å². The summed E-state index contributed by atoms with van der Waals surface area (Å²) in [7, 11) is 0. The average Bonchev–Trinajstić information content (AvgIpc) is 2.12. The molecule has 0 atom stereocenters. The Balaban J connectivity index is 2.95. The SMILES string of the molecule is Cc1nc(N)c2ccc(Br)c(C)c2n1. The van der Waals surface area contributed by atoms with Crippen LogP contribution in [0.15, 0.2) is 16.6 Å². The van der Waals surface area contributed by atoms with Crippen LogP contribution in [0, 0.1) is 13.8 Å². The number of aryl methyl sites for hydroxylation is 2. The van der Waals surface area contributed by atoms with Gasteiger partial charge in [-0.2, -0.15) is 0 Å². The lowest BCUT2D eigenvalue weighted by Gasteiger charge is -2.06. The fraction of sp³-hybridized carbons (Fsp3) is 0.200. The third-order valence-corrected chi connectivity index (χ3v) is 3.06. The molecule has 14 heavy (non-hydrogen) atoms. The van der Waals surface area contributed by atoms with E-state index in [1.165, 1.54) is 0 Å². The quantitative estimate of drug-likeness (QED) is 0.783. The van der Waals surface area contributed by atoms with E-state index in [2.05, 4.69) is 25.9 Å². The third-order valence-electron chi connectivity index (χ3n) is 2.20. The molecule has 0 aliphatic carbocycles. The van der Waals surface area contributed by atoms with E-state index < -0.39 is 0 Å². The Morgan fingerprint density at radius 1 is 1.21 bits per heavy atom. The third kappa shape index (κ3) is 1.35. The number of nitrogens with zero attached hydrogens (tertiary/aromatic N) is 2. The molecular weight excluding hydrogens is 242 g/mol. The van der Waals surface area contributed by atoms with Crippen LogP contribution < -0.4 is 5.73 Å². The molecule has 1 aromatic carbocycles.